The van der Waals surface area contributed by atoms with Crippen LogP contribution in [0, 0.1) is 5.82 Å². The van der Waals surface area contributed by atoms with Gasteiger partial charge in [0, 0.05) is 18.2 Å². The topological polar surface area (TPSA) is 30.0 Å². The highest BCUT2D eigenvalue weighted by Crippen LogP contribution is 2.22. The van der Waals surface area contributed by atoms with Crippen LogP contribution in [0.25, 0.3) is 11.1 Å². The lowest BCUT2D eigenvalue weighted by atomic mass is 10.0. The molecule has 2 aromatic rings. The number of aldehydes is 1. The van der Waals surface area contributed by atoms with Crippen LogP contribution in [0.1, 0.15) is 5.69 Å². The fourth-order valence-corrected chi connectivity index (χ4v) is 1.57. The van der Waals surface area contributed by atoms with E-state index in [0.717, 1.165) is 17.4 Å². The summed E-state index contributed by atoms with van der Waals surface area (Å²) in [6.45, 7) is 0. The molecule has 0 radical (unpaired) electrons. The average molecular weight is 215 g/mol. The maximum absolute atomic E-state index is 12.8. The third kappa shape index (κ3) is 2.14. The summed E-state index contributed by atoms with van der Waals surface area (Å²) in [5, 5.41) is 0. The predicted octanol–water partition coefficient (Wildman–Crippen LogP) is 2.63. The van der Waals surface area contributed by atoms with Crippen molar-refractivity contribution in [3.8, 4) is 11.1 Å². The van der Waals surface area contributed by atoms with Crippen molar-refractivity contribution in [2.24, 2.45) is 0 Å². The highest BCUT2D eigenvalue weighted by atomic mass is 19.1. The summed E-state index contributed by atoms with van der Waals surface area (Å²) < 4.78 is 12.8. The summed E-state index contributed by atoms with van der Waals surface area (Å²) in [4.78, 5) is 14.7. The van der Waals surface area contributed by atoms with E-state index in [-0.39, 0.29) is 12.2 Å². The van der Waals surface area contributed by atoms with Crippen molar-refractivity contribution >= 4 is 6.29 Å². The fraction of sp³-hybridized carbons (Fsp3) is 0.0769. The van der Waals surface area contributed by atoms with Crippen molar-refractivity contribution < 1.29 is 9.18 Å². The molecule has 1 aromatic carbocycles. The fourth-order valence-electron chi connectivity index (χ4n) is 1.57. The lowest BCUT2D eigenvalue weighted by Crippen LogP contribution is -1.94. The number of hydrogen-bond donors (Lipinski definition) is 0. The van der Waals surface area contributed by atoms with Gasteiger partial charge in [-0.3, -0.25) is 4.98 Å². The Kier molecular flexibility index (Phi) is 3.05. The van der Waals surface area contributed by atoms with Crippen molar-refractivity contribution in [3.63, 3.8) is 0 Å². The minimum absolute atomic E-state index is 0.271. The zero-order chi connectivity index (χ0) is 11.4. The number of carbonyl (C=O) groups excluding carboxylic acids is 1. The molecule has 3 heteroatoms. The maximum Gasteiger partial charge on any atom is 0.125 e. The quantitative estimate of drug-likeness (QED) is 0.737. The van der Waals surface area contributed by atoms with E-state index in [2.05, 4.69) is 4.98 Å². The molecule has 1 aromatic heterocycles. The second-order valence-electron chi connectivity index (χ2n) is 3.38. The van der Waals surface area contributed by atoms with Gasteiger partial charge in [0.2, 0.25) is 0 Å². The number of rotatable bonds is 3. The number of carbonyl (C=O) groups is 1. The van der Waals surface area contributed by atoms with E-state index in [1.165, 1.54) is 12.1 Å². The van der Waals surface area contributed by atoms with Crippen LogP contribution < -0.4 is 0 Å². The molecule has 0 saturated carbocycles. The summed E-state index contributed by atoms with van der Waals surface area (Å²) in [6, 6.07) is 9.83. The van der Waals surface area contributed by atoms with E-state index in [1.807, 2.05) is 6.07 Å². The molecule has 0 saturated heterocycles. The van der Waals surface area contributed by atoms with Gasteiger partial charge in [-0.15, -0.1) is 0 Å². The van der Waals surface area contributed by atoms with Crippen LogP contribution in [0.4, 0.5) is 4.39 Å². The zero-order valence-corrected chi connectivity index (χ0v) is 8.56. The van der Waals surface area contributed by atoms with E-state index >= 15 is 0 Å². The Bertz CT molecular complexity index is 494. The highest BCUT2D eigenvalue weighted by molar-refractivity contribution is 5.69. The standard InChI is InChI=1S/C13H10FNO/c14-11-5-3-10(4-6-11)12-2-1-8-15-13(12)7-9-16/h1-6,8-9H,7H2. The number of nitrogens with zero attached hydrogens (tertiary/aromatic N) is 1. The molecule has 2 nitrogen and oxygen atoms in total. The van der Waals surface area contributed by atoms with Crippen LogP contribution in [0.2, 0.25) is 0 Å². The third-order valence-electron chi connectivity index (χ3n) is 2.32. The van der Waals surface area contributed by atoms with Gasteiger partial charge in [-0.25, -0.2) is 4.39 Å². The first-order valence-electron chi connectivity index (χ1n) is 4.95. The molecule has 0 amide bonds. The first-order chi connectivity index (χ1) is 7.81. The molecule has 0 bridgehead atoms. The van der Waals surface area contributed by atoms with Gasteiger partial charge < -0.3 is 4.79 Å². The van der Waals surface area contributed by atoms with Crippen molar-refractivity contribution in [3.05, 3.63) is 54.1 Å². The van der Waals surface area contributed by atoms with Crippen molar-refractivity contribution in [1.82, 2.24) is 4.98 Å². The van der Waals surface area contributed by atoms with Gasteiger partial charge in [-0.1, -0.05) is 18.2 Å². The largest absolute Gasteiger partial charge is 0.303 e. The molecule has 2 rings (SSSR count). The Labute approximate surface area is 92.8 Å². The molecule has 0 unspecified atom stereocenters. The molecule has 0 spiro atoms. The molecule has 0 aliphatic rings. The zero-order valence-electron chi connectivity index (χ0n) is 8.56. The minimum Gasteiger partial charge on any atom is -0.303 e. The molecular weight excluding hydrogens is 205 g/mol. The number of hydrogen-bond acceptors (Lipinski definition) is 2. The molecule has 0 N–H and O–H groups in total. The smallest absolute Gasteiger partial charge is 0.125 e. The number of aromatic nitrogens is 1. The van der Waals surface area contributed by atoms with Crippen LogP contribution in [-0.4, -0.2) is 11.3 Å². The van der Waals surface area contributed by atoms with Gasteiger partial charge in [0.05, 0.1) is 5.69 Å². The van der Waals surface area contributed by atoms with E-state index in [0.29, 0.717) is 5.69 Å². The van der Waals surface area contributed by atoms with Gasteiger partial charge in [-0.2, -0.15) is 0 Å². The van der Waals surface area contributed by atoms with Crippen LogP contribution >= 0.6 is 0 Å². The Hall–Kier alpha value is -2.03. The Morgan fingerprint density at radius 1 is 1.19 bits per heavy atom. The predicted molar refractivity (Wildman–Crippen MR) is 59.4 cm³/mol. The lowest BCUT2D eigenvalue weighted by Gasteiger charge is -2.05. The second-order valence-corrected chi connectivity index (χ2v) is 3.38. The van der Waals surface area contributed by atoms with Gasteiger partial charge >= 0.3 is 0 Å². The Morgan fingerprint density at radius 3 is 2.62 bits per heavy atom. The van der Waals surface area contributed by atoms with E-state index < -0.39 is 0 Å². The van der Waals surface area contributed by atoms with Crippen LogP contribution in [0.15, 0.2) is 42.6 Å². The van der Waals surface area contributed by atoms with E-state index in [4.69, 9.17) is 0 Å². The monoisotopic (exact) mass is 215 g/mol. The molecule has 0 atom stereocenters. The summed E-state index contributed by atoms with van der Waals surface area (Å²) in [6.07, 6.45) is 2.73. The number of pyridine rings is 1. The van der Waals surface area contributed by atoms with Crippen LogP contribution in [0.5, 0.6) is 0 Å². The Morgan fingerprint density at radius 2 is 1.94 bits per heavy atom. The first kappa shape index (κ1) is 10.5. The molecular formula is C13H10FNO. The maximum atomic E-state index is 12.8. The number of halogens is 1. The van der Waals surface area contributed by atoms with E-state index in [1.54, 1.807) is 24.4 Å². The summed E-state index contributed by atoms with van der Waals surface area (Å²) in [5.74, 6) is -0.274. The van der Waals surface area contributed by atoms with Crippen LogP contribution in [-0.2, 0) is 11.2 Å². The van der Waals surface area contributed by atoms with Crippen molar-refractivity contribution in [2.75, 3.05) is 0 Å². The second kappa shape index (κ2) is 4.66. The van der Waals surface area contributed by atoms with Gasteiger partial charge in [0.15, 0.2) is 0 Å². The average Bonchev–Trinajstić information content (AvgIpc) is 2.32. The summed E-state index contributed by atoms with van der Waals surface area (Å²) in [5.41, 5.74) is 2.45. The minimum atomic E-state index is -0.274. The van der Waals surface area contributed by atoms with Gasteiger partial charge in [-0.05, 0) is 23.8 Å². The third-order valence-corrected chi connectivity index (χ3v) is 2.32. The van der Waals surface area contributed by atoms with Gasteiger partial charge in [0.1, 0.15) is 12.1 Å². The van der Waals surface area contributed by atoms with Crippen LogP contribution in [0.3, 0.4) is 0 Å². The first-order valence-corrected chi connectivity index (χ1v) is 4.95. The summed E-state index contributed by atoms with van der Waals surface area (Å²) in [7, 11) is 0. The molecule has 1 heterocycles. The molecule has 0 aliphatic carbocycles. The Balaban J connectivity index is 2.46. The van der Waals surface area contributed by atoms with Crippen molar-refractivity contribution in [2.45, 2.75) is 6.42 Å². The number of benzene rings is 1. The lowest BCUT2D eigenvalue weighted by molar-refractivity contribution is -0.107. The molecule has 80 valence electrons. The van der Waals surface area contributed by atoms with Gasteiger partial charge in [0.25, 0.3) is 0 Å². The normalized spacial score (nSPS) is 10.1. The SMILES string of the molecule is O=CCc1ncccc1-c1ccc(F)cc1. The molecule has 0 aliphatic heterocycles. The molecule has 16 heavy (non-hydrogen) atoms. The molecule has 0 fully saturated rings. The van der Waals surface area contributed by atoms with Crippen molar-refractivity contribution in [1.29, 1.82) is 0 Å². The summed E-state index contributed by atoms with van der Waals surface area (Å²) >= 11 is 0. The highest BCUT2D eigenvalue weighted by Gasteiger charge is 2.05. The van der Waals surface area contributed by atoms with E-state index in [9.17, 15) is 9.18 Å².